The van der Waals surface area contributed by atoms with E-state index in [2.05, 4.69) is 28.2 Å². The third kappa shape index (κ3) is 4.45. The zero-order valence-electron chi connectivity index (χ0n) is 9.38. The topological polar surface area (TPSA) is 108 Å². The standard InChI is InChI=1S/C9H19N5O2/c1-6-4-14-7(5-13-6)8(15)11-2-3-12-9(10)16/h6-7,13-14H,2-5H2,1H3,(H,11,15)(H3,10,12,16). The lowest BCUT2D eigenvalue weighted by Gasteiger charge is -2.28. The number of nitrogens with two attached hydrogens (primary N) is 1. The van der Waals surface area contributed by atoms with Crippen molar-refractivity contribution in [2.75, 3.05) is 26.2 Å². The van der Waals surface area contributed by atoms with Crippen LogP contribution in [0.2, 0.25) is 0 Å². The molecule has 1 aliphatic heterocycles. The van der Waals surface area contributed by atoms with Gasteiger partial charge in [-0.25, -0.2) is 4.79 Å². The number of rotatable bonds is 4. The average molecular weight is 229 g/mol. The number of carbonyl (C=O) groups is 2. The quantitative estimate of drug-likeness (QED) is 0.350. The number of hydrogen-bond donors (Lipinski definition) is 5. The first-order chi connectivity index (χ1) is 7.59. The first-order valence-electron chi connectivity index (χ1n) is 5.37. The smallest absolute Gasteiger partial charge is 0.312 e. The van der Waals surface area contributed by atoms with Crippen LogP contribution in [-0.4, -0.2) is 50.2 Å². The van der Waals surface area contributed by atoms with Gasteiger partial charge in [0, 0.05) is 32.2 Å². The Kier molecular flexibility index (Phi) is 5.00. The van der Waals surface area contributed by atoms with Crippen molar-refractivity contribution in [3.8, 4) is 0 Å². The van der Waals surface area contributed by atoms with E-state index < -0.39 is 6.03 Å². The molecule has 0 radical (unpaired) electrons. The molecule has 7 nitrogen and oxygen atoms in total. The predicted molar refractivity (Wildman–Crippen MR) is 59.9 cm³/mol. The largest absolute Gasteiger partial charge is 0.353 e. The highest BCUT2D eigenvalue weighted by atomic mass is 16.2. The second-order valence-corrected chi connectivity index (χ2v) is 3.85. The van der Waals surface area contributed by atoms with E-state index >= 15 is 0 Å². The van der Waals surface area contributed by atoms with E-state index in [0.717, 1.165) is 6.54 Å². The molecule has 0 saturated carbocycles. The Hall–Kier alpha value is -1.34. The molecule has 1 fully saturated rings. The summed E-state index contributed by atoms with van der Waals surface area (Å²) >= 11 is 0. The van der Waals surface area contributed by atoms with Gasteiger partial charge in [0.1, 0.15) is 0 Å². The summed E-state index contributed by atoms with van der Waals surface area (Å²) in [5.74, 6) is -0.0642. The molecule has 0 bridgehead atoms. The zero-order valence-corrected chi connectivity index (χ0v) is 9.38. The Labute approximate surface area is 94.5 Å². The van der Waals surface area contributed by atoms with Crippen molar-refractivity contribution in [2.45, 2.75) is 19.0 Å². The lowest BCUT2D eigenvalue weighted by molar-refractivity contribution is -0.123. The average Bonchev–Trinajstić information content (AvgIpc) is 2.25. The molecule has 0 aromatic heterocycles. The molecule has 7 heteroatoms. The fourth-order valence-electron chi connectivity index (χ4n) is 1.46. The zero-order chi connectivity index (χ0) is 12.0. The van der Waals surface area contributed by atoms with Crippen LogP contribution in [0.25, 0.3) is 0 Å². The van der Waals surface area contributed by atoms with E-state index in [9.17, 15) is 9.59 Å². The maximum atomic E-state index is 11.6. The van der Waals surface area contributed by atoms with Crippen molar-refractivity contribution >= 4 is 11.9 Å². The summed E-state index contributed by atoms with van der Waals surface area (Å²) in [7, 11) is 0. The molecule has 0 aromatic carbocycles. The van der Waals surface area contributed by atoms with E-state index in [1.807, 2.05) is 0 Å². The molecule has 0 aromatic rings. The van der Waals surface area contributed by atoms with Crippen molar-refractivity contribution in [1.29, 1.82) is 0 Å². The minimum Gasteiger partial charge on any atom is -0.353 e. The van der Waals surface area contributed by atoms with Crippen molar-refractivity contribution in [2.24, 2.45) is 5.73 Å². The van der Waals surface area contributed by atoms with Crippen molar-refractivity contribution in [3.05, 3.63) is 0 Å². The summed E-state index contributed by atoms with van der Waals surface area (Å²) < 4.78 is 0. The number of urea groups is 1. The highest BCUT2D eigenvalue weighted by Crippen LogP contribution is 1.92. The van der Waals surface area contributed by atoms with E-state index in [1.165, 1.54) is 0 Å². The molecule has 1 aliphatic rings. The van der Waals surface area contributed by atoms with Crippen molar-refractivity contribution in [3.63, 3.8) is 0 Å². The van der Waals surface area contributed by atoms with E-state index in [-0.39, 0.29) is 11.9 Å². The molecular weight excluding hydrogens is 210 g/mol. The van der Waals surface area contributed by atoms with Gasteiger partial charge in [-0.3, -0.25) is 4.79 Å². The van der Waals surface area contributed by atoms with Gasteiger partial charge in [-0.15, -0.1) is 0 Å². The molecule has 3 amide bonds. The van der Waals surface area contributed by atoms with Crippen LogP contribution in [0.15, 0.2) is 0 Å². The third-order valence-corrected chi connectivity index (χ3v) is 2.38. The number of piperazine rings is 1. The second kappa shape index (κ2) is 6.29. The molecule has 2 atom stereocenters. The van der Waals surface area contributed by atoms with Crippen LogP contribution in [0.1, 0.15) is 6.92 Å². The summed E-state index contributed by atoms with van der Waals surface area (Å²) in [6.07, 6.45) is 0. The lowest BCUT2D eigenvalue weighted by atomic mass is 10.1. The van der Waals surface area contributed by atoms with Crippen molar-refractivity contribution < 1.29 is 9.59 Å². The van der Waals surface area contributed by atoms with Gasteiger partial charge in [0.2, 0.25) is 5.91 Å². The number of primary amides is 1. The lowest BCUT2D eigenvalue weighted by Crippen LogP contribution is -2.59. The normalized spacial score (nSPS) is 24.8. The van der Waals surface area contributed by atoms with Gasteiger partial charge >= 0.3 is 6.03 Å². The van der Waals surface area contributed by atoms with Crippen LogP contribution in [0, 0.1) is 0 Å². The van der Waals surface area contributed by atoms with Crippen LogP contribution in [-0.2, 0) is 4.79 Å². The summed E-state index contributed by atoms with van der Waals surface area (Å²) in [5.41, 5.74) is 4.88. The van der Waals surface area contributed by atoms with E-state index in [4.69, 9.17) is 5.73 Å². The Morgan fingerprint density at radius 1 is 1.25 bits per heavy atom. The van der Waals surface area contributed by atoms with Gasteiger partial charge in [-0.2, -0.15) is 0 Å². The minimum absolute atomic E-state index is 0.0642. The molecule has 16 heavy (non-hydrogen) atoms. The monoisotopic (exact) mass is 229 g/mol. The van der Waals surface area contributed by atoms with Crippen LogP contribution >= 0.6 is 0 Å². The molecule has 0 spiro atoms. The minimum atomic E-state index is -0.583. The summed E-state index contributed by atoms with van der Waals surface area (Å²) in [6.45, 7) is 4.18. The Morgan fingerprint density at radius 3 is 2.50 bits per heavy atom. The highest BCUT2D eigenvalue weighted by molar-refractivity contribution is 5.82. The van der Waals surface area contributed by atoms with Gasteiger partial charge in [-0.1, -0.05) is 0 Å². The van der Waals surface area contributed by atoms with E-state index in [1.54, 1.807) is 0 Å². The highest BCUT2D eigenvalue weighted by Gasteiger charge is 2.22. The first kappa shape index (κ1) is 12.7. The van der Waals surface area contributed by atoms with Gasteiger partial charge in [0.05, 0.1) is 6.04 Å². The van der Waals surface area contributed by atoms with Crippen LogP contribution in [0.4, 0.5) is 4.79 Å². The van der Waals surface area contributed by atoms with Gasteiger partial charge in [0.25, 0.3) is 0 Å². The summed E-state index contributed by atoms with van der Waals surface area (Å²) in [6, 6.07) is -0.397. The van der Waals surface area contributed by atoms with Gasteiger partial charge in [-0.05, 0) is 6.92 Å². The maximum absolute atomic E-state index is 11.6. The molecule has 2 unspecified atom stereocenters. The maximum Gasteiger partial charge on any atom is 0.312 e. The van der Waals surface area contributed by atoms with Crippen LogP contribution in [0.5, 0.6) is 0 Å². The first-order valence-corrected chi connectivity index (χ1v) is 5.37. The molecule has 1 saturated heterocycles. The number of amides is 3. The SMILES string of the molecule is CC1CNC(C(=O)NCCNC(N)=O)CN1. The summed E-state index contributed by atoms with van der Waals surface area (Å²) in [5, 5.41) is 11.5. The molecule has 1 rings (SSSR count). The van der Waals surface area contributed by atoms with Crippen LogP contribution < -0.4 is 27.0 Å². The number of hydrogen-bond acceptors (Lipinski definition) is 4. The fraction of sp³-hybridized carbons (Fsp3) is 0.778. The molecule has 92 valence electrons. The van der Waals surface area contributed by atoms with Gasteiger partial charge in [0.15, 0.2) is 0 Å². The Bertz CT molecular complexity index is 250. The third-order valence-electron chi connectivity index (χ3n) is 2.38. The molecule has 0 aliphatic carbocycles. The number of nitrogens with one attached hydrogen (secondary N) is 4. The fourth-order valence-corrected chi connectivity index (χ4v) is 1.46. The Morgan fingerprint density at radius 2 is 1.94 bits per heavy atom. The van der Waals surface area contributed by atoms with Crippen LogP contribution in [0.3, 0.4) is 0 Å². The molecule has 1 heterocycles. The molecule has 6 N–H and O–H groups in total. The summed E-state index contributed by atoms with van der Waals surface area (Å²) in [4.78, 5) is 21.9. The van der Waals surface area contributed by atoms with Crippen molar-refractivity contribution in [1.82, 2.24) is 21.3 Å². The van der Waals surface area contributed by atoms with Gasteiger partial charge < -0.3 is 27.0 Å². The Balaban J connectivity index is 2.12. The molecular formula is C9H19N5O2. The van der Waals surface area contributed by atoms with E-state index in [0.29, 0.717) is 25.7 Å². The number of carbonyl (C=O) groups excluding carboxylic acids is 2. The second-order valence-electron chi connectivity index (χ2n) is 3.85. The predicted octanol–water partition coefficient (Wildman–Crippen LogP) is -2.28.